The molecule has 1 fully saturated rings. The summed E-state index contributed by atoms with van der Waals surface area (Å²) >= 11 is 0. The van der Waals surface area contributed by atoms with E-state index in [9.17, 15) is 14.4 Å². The fourth-order valence-corrected chi connectivity index (χ4v) is 4.23. The van der Waals surface area contributed by atoms with Gasteiger partial charge in [-0.25, -0.2) is 0 Å². The lowest BCUT2D eigenvalue weighted by molar-refractivity contribution is -0.153. The molecule has 198 valence electrons. The van der Waals surface area contributed by atoms with E-state index in [-0.39, 0.29) is 60.0 Å². The van der Waals surface area contributed by atoms with Gasteiger partial charge in [0, 0.05) is 37.1 Å². The summed E-state index contributed by atoms with van der Waals surface area (Å²) in [6.45, 7) is 6.10. The van der Waals surface area contributed by atoms with Gasteiger partial charge in [0.05, 0.1) is 38.4 Å². The summed E-state index contributed by atoms with van der Waals surface area (Å²) in [5.41, 5.74) is 2.33. The molecule has 10 nitrogen and oxygen atoms in total. The number of hydrogen-bond acceptors (Lipinski definition) is 8. The number of amides is 1. The minimum Gasteiger partial charge on any atom is -0.469 e. The van der Waals surface area contributed by atoms with Crippen LogP contribution >= 0.6 is 17.0 Å². The van der Waals surface area contributed by atoms with E-state index in [4.69, 9.17) is 9.47 Å². The molecule has 0 saturated carbocycles. The monoisotopic (exact) mass is 566 g/mol. The van der Waals surface area contributed by atoms with E-state index in [2.05, 4.69) is 27.3 Å². The molecule has 11 heteroatoms. The molecule has 0 spiro atoms. The number of rotatable bonds is 11. The number of aromatic nitrogens is 3. The lowest BCUT2D eigenvalue weighted by Crippen LogP contribution is -2.26. The predicted molar refractivity (Wildman–Crippen MR) is 139 cm³/mol. The van der Waals surface area contributed by atoms with Gasteiger partial charge >= 0.3 is 11.9 Å². The number of halogens is 1. The number of ether oxygens (including phenoxy) is 3. The molecule has 36 heavy (non-hydrogen) atoms. The number of methoxy groups -OCH3 is 1. The average molecular weight is 567 g/mol. The number of esters is 2. The van der Waals surface area contributed by atoms with Crippen LogP contribution in [-0.2, 0) is 35.1 Å². The maximum Gasteiger partial charge on any atom is 0.306 e. The first-order valence-electron chi connectivity index (χ1n) is 11.9. The quantitative estimate of drug-likeness (QED) is 0.406. The van der Waals surface area contributed by atoms with Crippen LogP contribution in [0.1, 0.15) is 52.9 Å². The number of nitrogens with zero attached hydrogens (tertiary/aromatic N) is 3. The largest absolute Gasteiger partial charge is 0.469 e. The Hall–Kier alpha value is -2.79. The van der Waals surface area contributed by atoms with E-state index >= 15 is 0 Å². The summed E-state index contributed by atoms with van der Waals surface area (Å²) in [5.74, 6) is -0.738. The Bertz CT molecular complexity index is 1030. The lowest BCUT2D eigenvalue weighted by atomic mass is 10.0. The third-order valence-corrected chi connectivity index (χ3v) is 5.96. The van der Waals surface area contributed by atoms with Crippen molar-refractivity contribution < 1.29 is 28.6 Å². The third-order valence-electron chi connectivity index (χ3n) is 5.96. The molecule has 1 aromatic carbocycles. The van der Waals surface area contributed by atoms with E-state index in [1.165, 1.54) is 14.0 Å². The van der Waals surface area contributed by atoms with Gasteiger partial charge < -0.3 is 19.5 Å². The fraction of sp³-hybridized carbons (Fsp3) is 0.560. The first-order chi connectivity index (χ1) is 16.7. The minimum absolute atomic E-state index is 0. The van der Waals surface area contributed by atoms with Gasteiger partial charge in [0.1, 0.15) is 11.8 Å². The normalized spacial score (nSPS) is 18.6. The number of benzene rings is 1. The molecule has 2 heterocycles. The maximum atomic E-state index is 11.9. The van der Waals surface area contributed by atoms with Gasteiger partial charge in [-0.05, 0) is 31.9 Å². The van der Waals surface area contributed by atoms with Crippen molar-refractivity contribution >= 4 is 40.5 Å². The van der Waals surface area contributed by atoms with Crippen molar-refractivity contribution in [3.05, 3.63) is 30.5 Å². The van der Waals surface area contributed by atoms with E-state index < -0.39 is 11.9 Å². The van der Waals surface area contributed by atoms with E-state index in [1.54, 1.807) is 0 Å². The Morgan fingerprint density at radius 3 is 2.67 bits per heavy atom. The maximum absolute atomic E-state index is 11.9. The highest BCUT2D eigenvalue weighted by molar-refractivity contribution is 8.93. The van der Waals surface area contributed by atoms with Gasteiger partial charge in [-0.3, -0.25) is 19.1 Å². The van der Waals surface area contributed by atoms with Crippen LogP contribution < -0.4 is 5.32 Å². The molecule has 1 aliphatic heterocycles. The van der Waals surface area contributed by atoms with Gasteiger partial charge in [-0.2, -0.15) is 0 Å². The number of carbonyl (C=O) groups is 3. The van der Waals surface area contributed by atoms with Crippen LogP contribution in [0.2, 0.25) is 0 Å². The molecule has 1 N–H and O–H groups in total. The van der Waals surface area contributed by atoms with E-state index in [0.29, 0.717) is 18.7 Å². The van der Waals surface area contributed by atoms with Crippen LogP contribution in [0.4, 0.5) is 5.69 Å². The second-order valence-electron chi connectivity index (χ2n) is 9.05. The van der Waals surface area contributed by atoms with Gasteiger partial charge in [0.15, 0.2) is 0 Å². The first-order valence-corrected chi connectivity index (χ1v) is 11.9. The Kier molecular flexibility index (Phi) is 11.5. The predicted octanol–water partition coefficient (Wildman–Crippen LogP) is 3.94. The van der Waals surface area contributed by atoms with Crippen LogP contribution in [-0.4, -0.2) is 58.3 Å². The molecule has 0 aliphatic carbocycles. The van der Waals surface area contributed by atoms with Gasteiger partial charge in [-0.15, -0.1) is 22.1 Å². The average Bonchev–Trinajstić information content (AvgIpc) is 3.47. The number of carbonyl (C=O) groups excluding carboxylic acids is 3. The van der Waals surface area contributed by atoms with Crippen molar-refractivity contribution in [2.75, 3.05) is 12.4 Å². The molecule has 4 unspecified atom stereocenters. The highest BCUT2D eigenvalue weighted by Gasteiger charge is 2.31. The Morgan fingerprint density at radius 1 is 1.19 bits per heavy atom. The fourth-order valence-electron chi connectivity index (χ4n) is 4.23. The van der Waals surface area contributed by atoms with Crippen LogP contribution in [0.5, 0.6) is 0 Å². The number of hydrogen-bond donors (Lipinski definition) is 1. The van der Waals surface area contributed by atoms with E-state index in [1.807, 2.05) is 42.1 Å². The molecule has 1 amide bonds. The van der Waals surface area contributed by atoms with Crippen molar-refractivity contribution in [1.82, 2.24) is 15.0 Å². The topological polar surface area (TPSA) is 122 Å². The summed E-state index contributed by atoms with van der Waals surface area (Å²) in [6, 6.07) is 7.49. The zero-order chi connectivity index (χ0) is 25.4. The summed E-state index contributed by atoms with van der Waals surface area (Å²) in [6.07, 6.45) is 4.19. The Labute approximate surface area is 221 Å². The minimum atomic E-state index is -0.427. The second kappa shape index (κ2) is 14.1. The van der Waals surface area contributed by atoms with Crippen molar-refractivity contribution in [2.24, 2.45) is 5.92 Å². The summed E-state index contributed by atoms with van der Waals surface area (Å²) < 4.78 is 18.0. The van der Waals surface area contributed by atoms with Gasteiger partial charge in [0.2, 0.25) is 5.91 Å². The van der Waals surface area contributed by atoms with Crippen molar-refractivity contribution in [1.29, 1.82) is 0 Å². The summed E-state index contributed by atoms with van der Waals surface area (Å²) in [4.78, 5) is 34.4. The lowest BCUT2D eigenvalue weighted by Gasteiger charge is -2.21. The molecule has 1 aliphatic rings. The van der Waals surface area contributed by atoms with Crippen LogP contribution in [0.15, 0.2) is 30.5 Å². The second-order valence-corrected chi connectivity index (χ2v) is 9.05. The molecular weight excluding hydrogens is 532 g/mol. The molecular formula is C25H35BrN4O6. The molecule has 0 radical (unpaired) electrons. The third kappa shape index (κ3) is 9.02. The SMILES string of the molecule is Br.COC(=O)CCC(=O)OC(C)CC1CCC(C(C)Cn2cc(-c3cccc(NC(C)=O)c3)nn2)O1. The van der Waals surface area contributed by atoms with Crippen LogP contribution in [0, 0.1) is 5.92 Å². The molecule has 1 saturated heterocycles. The van der Waals surface area contributed by atoms with Crippen LogP contribution in [0.3, 0.4) is 0 Å². The highest BCUT2D eigenvalue weighted by atomic mass is 79.9. The number of anilines is 1. The molecule has 0 bridgehead atoms. The Balaban J connectivity index is 0.00000456. The molecule has 3 rings (SSSR count). The molecule has 2 aromatic rings. The zero-order valence-electron chi connectivity index (χ0n) is 21.1. The molecule has 1 aromatic heterocycles. The van der Waals surface area contributed by atoms with Crippen molar-refractivity contribution in [3.8, 4) is 11.3 Å². The van der Waals surface area contributed by atoms with Crippen LogP contribution in [0.25, 0.3) is 11.3 Å². The van der Waals surface area contributed by atoms with Crippen molar-refractivity contribution in [3.63, 3.8) is 0 Å². The standard InChI is InChI=1S/C25H34N4O6.BrH/c1-16(14-29-15-22(27-28-29)19-6-5-7-20(13-19)26-18(3)30)23-9-8-21(35-23)12-17(2)34-25(32)11-10-24(31)33-4;/h5-7,13,15-17,21,23H,8-12,14H2,1-4H3,(H,26,30);1H. The summed E-state index contributed by atoms with van der Waals surface area (Å²) in [7, 11) is 1.29. The number of nitrogens with one attached hydrogen (secondary N) is 1. The zero-order valence-corrected chi connectivity index (χ0v) is 22.9. The highest BCUT2D eigenvalue weighted by Crippen LogP contribution is 2.29. The van der Waals surface area contributed by atoms with Crippen molar-refractivity contribution in [2.45, 2.75) is 77.7 Å². The smallest absolute Gasteiger partial charge is 0.306 e. The summed E-state index contributed by atoms with van der Waals surface area (Å²) in [5, 5.41) is 11.3. The van der Waals surface area contributed by atoms with Gasteiger partial charge in [0.25, 0.3) is 0 Å². The van der Waals surface area contributed by atoms with Gasteiger partial charge in [-0.1, -0.05) is 24.3 Å². The van der Waals surface area contributed by atoms with E-state index in [0.717, 1.165) is 24.1 Å². The molecule has 4 atom stereocenters. The Morgan fingerprint density at radius 2 is 1.94 bits per heavy atom. The first kappa shape index (κ1) is 29.4.